The Morgan fingerprint density at radius 2 is 2.50 bits per heavy atom. The van der Waals surface area contributed by atoms with Gasteiger partial charge in [0.25, 0.3) is 0 Å². The lowest BCUT2D eigenvalue weighted by Crippen LogP contribution is -2.45. The maximum Gasteiger partial charge on any atom is 0.188 e. The molecular weight excluding hydrogens is 210 g/mol. The maximum absolute atomic E-state index is 10.2. The van der Waals surface area contributed by atoms with Crippen LogP contribution in [0.25, 0.3) is 0 Å². The fraction of sp³-hybridized carbons (Fsp3) is 0.889. The predicted octanol–water partition coefficient (Wildman–Crippen LogP) is -1.16. The van der Waals surface area contributed by atoms with Crippen LogP contribution in [0.3, 0.4) is 0 Å². The predicted molar refractivity (Wildman–Crippen MR) is 55.5 cm³/mol. The molecular formula is C9H17N5O2. The Morgan fingerprint density at radius 1 is 1.69 bits per heavy atom. The number of aliphatic hydroxyl groups is 1. The van der Waals surface area contributed by atoms with Crippen LogP contribution in [-0.4, -0.2) is 50.2 Å². The average molecular weight is 227 g/mol. The molecule has 1 aliphatic rings. The van der Waals surface area contributed by atoms with Gasteiger partial charge in [0, 0.05) is 19.6 Å². The highest BCUT2D eigenvalue weighted by Gasteiger charge is 2.38. The van der Waals surface area contributed by atoms with Crippen LogP contribution in [0.2, 0.25) is 0 Å². The minimum Gasteiger partial charge on any atom is -0.386 e. The highest BCUT2D eigenvalue weighted by molar-refractivity contribution is 4.92. The van der Waals surface area contributed by atoms with E-state index in [9.17, 15) is 5.11 Å². The molecule has 2 unspecified atom stereocenters. The number of nitrogens with zero attached hydrogens (tertiary/aromatic N) is 4. The summed E-state index contributed by atoms with van der Waals surface area (Å²) in [6.45, 7) is 3.48. The fourth-order valence-corrected chi connectivity index (χ4v) is 1.79. The van der Waals surface area contributed by atoms with E-state index in [1.807, 2.05) is 6.92 Å². The molecule has 0 bridgehead atoms. The molecule has 0 spiro atoms. The molecule has 1 aromatic rings. The van der Waals surface area contributed by atoms with Gasteiger partial charge >= 0.3 is 0 Å². The van der Waals surface area contributed by atoms with E-state index < -0.39 is 5.60 Å². The third kappa shape index (κ3) is 2.37. The van der Waals surface area contributed by atoms with E-state index in [0.29, 0.717) is 31.9 Å². The van der Waals surface area contributed by atoms with Crippen LogP contribution in [0.4, 0.5) is 0 Å². The van der Waals surface area contributed by atoms with Crippen molar-refractivity contribution in [3.63, 3.8) is 0 Å². The number of aromatic nitrogens is 4. The quantitative estimate of drug-likeness (QED) is 0.675. The minimum atomic E-state index is -0.776. The molecule has 16 heavy (non-hydrogen) atoms. The number of aryl methyl sites for hydroxylation is 1. The lowest BCUT2D eigenvalue weighted by atomic mass is 9.97. The van der Waals surface area contributed by atoms with E-state index in [2.05, 4.69) is 20.7 Å². The van der Waals surface area contributed by atoms with Crippen molar-refractivity contribution in [3.8, 4) is 0 Å². The van der Waals surface area contributed by atoms with Gasteiger partial charge in [0.1, 0.15) is 5.60 Å². The molecule has 1 fully saturated rings. The first-order valence-corrected chi connectivity index (χ1v) is 5.38. The van der Waals surface area contributed by atoms with E-state index in [0.717, 1.165) is 0 Å². The molecule has 0 saturated carbocycles. The SMILES string of the molecule is CC1OCCC1(O)CNCc1nnn(C)n1. The van der Waals surface area contributed by atoms with E-state index in [4.69, 9.17) is 4.74 Å². The summed E-state index contributed by atoms with van der Waals surface area (Å²) in [7, 11) is 1.72. The summed E-state index contributed by atoms with van der Waals surface area (Å²) in [4.78, 5) is 1.41. The van der Waals surface area contributed by atoms with Gasteiger partial charge in [-0.3, -0.25) is 0 Å². The maximum atomic E-state index is 10.2. The van der Waals surface area contributed by atoms with Crippen molar-refractivity contribution in [2.24, 2.45) is 7.05 Å². The van der Waals surface area contributed by atoms with E-state index in [1.165, 1.54) is 4.80 Å². The minimum absolute atomic E-state index is 0.130. The largest absolute Gasteiger partial charge is 0.386 e. The zero-order chi connectivity index (χ0) is 11.6. The topological polar surface area (TPSA) is 85.1 Å². The number of tetrazole rings is 1. The van der Waals surface area contributed by atoms with Crippen LogP contribution in [0, 0.1) is 0 Å². The van der Waals surface area contributed by atoms with Crippen LogP contribution >= 0.6 is 0 Å². The first-order chi connectivity index (χ1) is 7.60. The Labute approximate surface area is 93.8 Å². The van der Waals surface area contributed by atoms with Gasteiger partial charge in [0.15, 0.2) is 5.82 Å². The molecule has 90 valence electrons. The van der Waals surface area contributed by atoms with Gasteiger partial charge in [-0.1, -0.05) is 0 Å². The third-order valence-corrected chi connectivity index (χ3v) is 2.92. The molecule has 2 N–H and O–H groups in total. The highest BCUT2D eigenvalue weighted by atomic mass is 16.5. The molecule has 0 amide bonds. The van der Waals surface area contributed by atoms with Crippen LogP contribution in [0.1, 0.15) is 19.2 Å². The standard InChI is InChI=1S/C9H17N5O2/c1-7-9(15,3-4-16-7)6-10-5-8-11-13-14(2)12-8/h7,10,15H,3-6H2,1-2H3. The lowest BCUT2D eigenvalue weighted by Gasteiger charge is -2.25. The molecule has 2 rings (SSSR count). The Bertz CT molecular complexity index is 355. The van der Waals surface area contributed by atoms with Crippen molar-refractivity contribution in [1.82, 2.24) is 25.5 Å². The van der Waals surface area contributed by atoms with Crippen LogP contribution < -0.4 is 5.32 Å². The Balaban J connectivity index is 1.79. The first-order valence-electron chi connectivity index (χ1n) is 5.38. The second kappa shape index (κ2) is 4.44. The normalized spacial score (nSPS) is 29.8. The zero-order valence-electron chi connectivity index (χ0n) is 9.55. The van der Waals surface area contributed by atoms with Crippen molar-refractivity contribution < 1.29 is 9.84 Å². The molecule has 1 aromatic heterocycles. The Morgan fingerprint density at radius 3 is 3.06 bits per heavy atom. The molecule has 7 nitrogen and oxygen atoms in total. The molecule has 0 radical (unpaired) electrons. The highest BCUT2D eigenvalue weighted by Crippen LogP contribution is 2.24. The monoisotopic (exact) mass is 227 g/mol. The van der Waals surface area contributed by atoms with Crippen molar-refractivity contribution in [2.45, 2.75) is 31.6 Å². The number of nitrogens with one attached hydrogen (secondary N) is 1. The van der Waals surface area contributed by atoms with Crippen molar-refractivity contribution in [1.29, 1.82) is 0 Å². The zero-order valence-corrected chi connectivity index (χ0v) is 9.55. The van der Waals surface area contributed by atoms with Gasteiger partial charge in [-0.05, 0) is 12.1 Å². The van der Waals surface area contributed by atoms with Gasteiger partial charge in [-0.2, -0.15) is 4.80 Å². The molecule has 1 saturated heterocycles. The van der Waals surface area contributed by atoms with Gasteiger partial charge in [-0.15, -0.1) is 10.2 Å². The molecule has 0 aromatic carbocycles. The second-order valence-corrected chi connectivity index (χ2v) is 4.17. The molecule has 1 aliphatic heterocycles. The summed E-state index contributed by atoms with van der Waals surface area (Å²) in [6, 6.07) is 0. The van der Waals surface area contributed by atoms with E-state index >= 15 is 0 Å². The number of rotatable bonds is 4. The Kier molecular flexibility index (Phi) is 3.17. The van der Waals surface area contributed by atoms with Crippen molar-refractivity contribution in [3.05, 3.63) is 5.82 Å². The molecule has 2 heterocycles. The van der Waals surface area contributed by atoms with E-state index in [1.54, 1.807) is 7.05 Å². The molecule has 7 heteroatoms. The van der Waals surface area contributed by atoms with Crippen LogP contribution in [0.5, 0.6) is 0 Å². The van der Waals surface area contributed by atoms with Crippen molar-refractivity contribution >= 4 is 0 Å². The summed E-state index contributed by atoms with van der Waals surface area (Å²) in [5, 5.41) is 24.9. The summed E-state index contributed by atoms with van der Waals surface area (Å²) < 4.78 is 5.34. The van der Waals surface area contributed by atoms with Gasteiger partial charge in [0.05, 0.1) is 19.7 Å². The fourth-order valence-electron chi connectivity index (χ4n) is 1.79. The number of ether oxygens (including phenoxy) is 1. The van der Waals surface area contributed by atoms with Gasteiger partial charge < -0.3 is 15.2 Å². The summed E-state index contributed by atoms with van der Waals surface area (Å²) >= 11 is 0. The van der Waals surface area contributed by atoms with Crippen LogP contribution in [-0.2, 0) is 18.3 Å². The summed E-state index contributed by atoms with van der Waals surface area (Å²) in [6.07, 6.45) is 0.532. The average Bonchev–Trinajstić information content (AvgIpc) is 2.76. The molecule has 2 atom stereocenters. The lowest BCUT2D eigenvalue weighted by molar-refractivity contribution is -0.0263. The van der Waals surface area contributed by atoms with Gasteiger partial charge in [-0.25, -0.2) is 0 Å². The number of hydrogen-bond acceptors (Lipinski definition) is 6. The van der Waals surface area contributed by atoms with E-state index in [-0.39, 0.29) is 6.10 Å². The number of hydrogen-bond donors (Lipinski definition) is 2. The third-order valence-electron chi connectivity index (χ3n) is 2.92. The Hall–Kier alpha value is -1.05. The van der Waals surface area contributed by atoms with Crippen molar-refractivity contribution in [2.75, 3.05) is 13.2 Å². The summed E-state index contributed by atoms with van der Waals surface area (Å²) in [5.41, 5.74) is -0.776. The van der Waals surface area contributed by atoms with Crippen LogP contribution in [0.15, 0.2) is 0 Å². The van der Waals surface area contributed by atoms with Gasteiger partial charge in [0.2, 0.25) is 0 Å². The first kappa shape index (κ1) is 11.4. The molecule has 0 aliphatic carbocycles. The second-order valence-electron chi connectivity index (χ2n) is 4.17. The summed E-state index contributed by atoms with van der Waals surface area (Å²) in [5.74, 6) is 0.623. The smallest absolute Gasteiger partial charge is 0.188 e.